The highest BCUT2D eigenvalue weighted by molar-refractivity contribution is 7.89. The summed E-state index contributed by atoms with van der Waals surface area (Å²) < 4.78 is 29.9. The van der Waals surface area contributed by atoms with Crippen molar-refractivity contribution in [3.8, 4) is 0 Å². The van der Waals surface area contributed by atoms with Crippen LogP contribution in [0.1, 0.15) is 57.1 Å². The van der Waals surface area contributed by atoms with E-state index in [9.17, 15) is 8.42 Å². The molecule has 0 amide bonds. The lowest BCUT2D eigenvalue weighted by Crippen LogP contribution is -2.50. The summed E-state index contributed by atoms with van der Waals surface area (Å²) >= 11 is 0. The molecule has 0 radical (unpaired) electrons. The summed E-state index contributed by atoms with van der Waals surface area (Å²) in [6.07, 6.45) is 11.4. The zero-order valence-electron chi connectivity index (χ0n) is 14.9. The van der Waals surface area contributed by atoms with Gasteiger partial charge in [0.25, 0.3) is 0 Å². The normalized spacial score (nSPS) is 24.8. The predicted octanol–water partition coefficient (Wildman–Crippen LogP) is 2.19. The molecule has 1 aliphatic carbocycles. The van der Waals surface area contributed by atoms with Crippen LogP contribution < -0.4 is 4.72 Å². The van der Waals surface area contributed by atoms with Crippen LogP contribution in [-0.2, 0) is 17.1 Å². The van der Waals surface area contributed by atoms with Gasteiger partial charge in [0.05, 0.1) is 5.69 Å². The van der Waals surface area contributed by atoms with Gasteiger partial charge in [-0.05, 0) is 39.2 Å². The van der Waals surface area contributed by atoms with Crippen LogP contribution in [0.5, 0.6) is 0 Å². The Kier molecular flexibility index (Phi) is 5.62. The standard InChI is InChI=1S/C17H30N4O2S/c1-14-17(13-20(2)18-14)24(22,23)19-15-8-7-11-21(12-15)16-9-5-3-4-6-10-16/h13,15-16,19H,3-12H2,1-2H3/t15-/m1/s1. The Morgan fingerprint density at radius 3 is 2.46 bits per heavy atom. The molecule has 1 saturated carbocycles. The maximum atomic E-state index is 12.7. The topological polar surface area (TPSA) is 67.2 Å². The number of likely N-dealkylation sites (tertiary alicyclic amines) is 1. The Bertz CT molecular complexity index is 648. The van der Waals surface area contributed by atoms with E-state index in [0.29, 0.717) is 16.6 Å². The van der Waals surface area contributed by atoms with Crippen molar-refractivity contribution in [1.29, 1.82) is 0 Å². The third-order valence-corrected chi connectivity index (χ3v) is 7.00. The van der Waals surface area contributed by atoms with Crippen molar-refractivity contribution in [2.45, 2.75) is 75.3 Å². The lowest BCUT2D eigenvalue weighted by Gasteiger charge is -2.38. The summed E-state index contributed by atoms with van der Waals surface area (Å²) in [6.45, 7) is 3.69. The van der Waals surface area contributed by atoms with E-state index >= 15 is 0 Å². The van der Waals surface area contributed by atoms with Crippen molar-refractivity contribution in [2.24, 2.45) is 7.05 Å². The van der Waals surface area contributed by atoms with Crippen molar-refractivity contribution in [3.05, 3.63) is 11.9 Å². The number of sulfonamides is 1. The molecule has 1 aromatic heterocycles. The highest BCUT2D eigenvalue weighted by Crippen LogP contribution is 2.25. The molecule has 136 valence electrons. The minimum absolute atomic E-state index is 0.00612. The van der Waals surface area contributed by atoms with Gasteiger partial charge in [-0.1, -0.05) is 25.7 Å². The highest BCUT2D eigenvalue weighted by atomic mass is 32.2. The largest absolute Gasteiger partial charge is 0.299 e. The molecule has 0 aromatic carbocycles. The Morgan fingerprint density at radius 2 is 1.83 bits per heavy atom. The molecule has 1 aliphatic heterocycles. The zero-order valence-corrected chi connectivity index (χ0v) is 15.7. The summed E-state index contributed by atoms with van der Waals surface area (Å²) in [5.41, 5.74) is 0.557. The fraction of sp³-hybridized carbons (Fsp3) is 0.824. The smallest absolute Gasteiger partial charge is 0.244 e. The average molecular weight is 355 g/mol. The summed E-state index contributed by atoms with van der Waals surface area (Å²) in [7, 11) is -1.74. The Labute approximate surface area is 145 Å². The van der Waals surface area contributed by atoms with Crippen molar-refractivity contribution in [1.82, 2.24) is 19.4 Å². The monoisotopic (exact) mass is 354 g/mol. The second-order valence-electron chi connectivity index (χ2n) is 7.35. The van der Waals surface area contributed by atoms with E-state index in [-0.39, 0.29) is 6.04 Å². The van der Waals surface area contributed by atoms with Crippen LogP contribution in [0.25, 0.3) is 0 Å². The van der Waals surface area contributed by atoms with E-state index in [0.717, 1.165) is 25.9 Å². The molecule has 7 heteroatoms. The number of rotatable bonds is 4. The van der Waals surface area contributed by atoms with Gasteiger partial charge < -0.3 is 0 Å². The molecule has 1 N–H and O–H groups in total. The van der Waals surface area contributed by atoms with Crippen LogP contribution in [0.2, 0.25) is 0 Å². The predicted molar refractivity (Wildman–Crippen MR) is 94.4 cm³/mol. The molecule has 2 fully saturated rings. The van der Waals surface area contributed by atoms with Crippen molar-refractivity contribution < 1.29 is 8.42 Å². The van der Waals surface area contributed by atoms with Crippen LogP contribution in [0, 0.1) is 6.92 Å². The van der Waals surface area contributed by atoms with E-state index in [2.05, 4.69) is 14.7 Å². The highest BCUT2D eigenvalue weighted by Gasteiger charge is 2.30. The molecule has 6 nitrogen and oxygen atoms in total. The fourth-order valence-electron chi connectivity index (χ4n) is 4.18. The van der Waals surface area contributed by atoms with Crippen LogP contribution in [0.3, 0.4) is 0 Å². The number of piperidine rings is 1. The molecule has 2 heterocycles. The second kappa shape index (κ2) is 7.54. The van der Waals surface area contributed by atoms with E-state index < -0.39 is 10.0 Å². The minimum atomic E-state index is -3.49. The summed E-state index contributed by atoms with van der Waals surface area (Å²) in [5, 5.41) is 4.16. The molecule has 0 spiro atoms. The summed E-state index contributed by atoms with van der Waals surface area (Å²) in [6, 6.07) is 0.645. The van der Waals surface area contributed by atoms with Gasteiger partial charge in [0.2, 0.25) is 10.0 Å². The first-order chi connectivity index (χ1) is 11.5. The molecule has 1 atom stereocenters. The third-order valence-electron chi connectivity index (χ3n) is 5.37. The fourth-order valence-corrected chi connectivity index (χ4v) is 5.66. The second-order valence-corrected chi connectivity index (χ2v) is 9.04. The van der Waals surface area contributed by atoms with E-state index in [4.69, 9.17) is 0 Å². The Balaban J connectivity index is 1.65. The van der Waals surface area contributed by atoms with Gasteiger partial charge >= 0.3 is 0 Å². The van der Waals surface area contributed by atoms with Crippen molar-refractivity contribution in [3.63, 3.8) is 0 Å². The quantitative estimate of drug-likeness (QED) is 0.842. The van der Waals surface area contributed by atoms with Crippen molar-refractivity contribution in [2.75, 3.05) is 13.1 Å². The Hall–Kier alpha value is -0.920. The van der Waals surface area contributed by atoms with Gasteiger partial charge in [-0.2, -0.15) is 5.10 Å². The first-order valence-corrected chi connectivity index (χ1v) is 10.7. The lowest BCUT2D eigenvalue weighted by atomic mass is 10.0. The van der Waals surface area contributed by atoms with Crippen LogP contribution >= 0.6 is 0 Å². The summed E-state index contributed by atoms with van der Waals surface area (Å²) in [5.74, 6) is 0. The minimum Gasteiger partial charge on any atom is -0.299 e. The number of aryl methyl sites for hydroxylation is 2. The third kappa shape index (κ3) is 4.18. The molecular formula is C17H30N4O2S. The van der Waals surface area contributed by atoms with E-state index in [1.807, 2.05) is 0 Å². The van der Waals surface area contributed by atoms with E-state index in [1.54, 1.807) is 24.9 Å². The van der Waals surface area contributed by atoms with Gasteiger partial charge in [0.1, 0.15) is 4.90 Å². The number of aromatic nitrogens is 2. The molecule has 24 heavy (non-hydrogen) atoms. The number of hydrogen-bond acceptors (Lipinski definition) is 4. The SMILES string of the molecule is Cc1nn(C)cc1S(=O)(=O)N[C@@H]1CCCN(C2CCCCCC2)C1. The van der Waals surface area contributed by atoms with Gasteiger partial charge in [-0.3, -0.25) is 9.58 Å². The molecule has 3 rings (SSSR count). The van der Waals surface area contributed by atoms with Crippen LogP contribution in [0.4, 0.5) is 0 Å². The van der Waals surface area contributed by atoms with Crippen molar-refractivity contribution >= 4 is 10.0 Å². The maximum absolute atomic E-state index is 12.7. The average Bonchev–Trinajstić information content (AvgIpc) is 2.75. The first kappa shape index (κ1) is 17.9. The number of nitrogens with one attached hydrogen (secondary N) is 1. The van der Waals surface area contributed by atoms with Crippen LogP contribution in [-0.4, -0.2) is 48.3 Å². The number of hydrogen-bond donors (Lipinski definition) is 1. The van der Waals surface area contributed by atoms with Gasteiger partial charge in [-0.15, -0.1) is 0 Å². The van der Waals surface area contributed by atoms with Gasteiger partial charge in [0.15, 0.2) is 0 Å². The van der Waals surface area contributed by atoms with Gasteiger partial charge in [-0.25, -0.2) is 13.1 Å². The number of nitrogens with zero attached hydrogens (tertiary/aromatic N) is 3. The molecule has 1 aromatic rings. The first-order valence-electron chi connectivity index (χ1n) is 9.22. The molecule has 2 aliphatic rings. The van der Waals surface area contributed by atoms with Crippen LogP contribution in [0.15, 0.2) is 11.1 Å². The molecule has 1 saturated heterocycles. The van der Waals surface area contributed by atoms with E-state index in [1.165, 1.54) is 38.5 Å². The Morgan fingerprint density at radius 1 is 1.12 bits per heavy atom. The molecular weight excluding hydrogens is 324 g/mol. The lowest BCUT2D eigenvalue weighted by molar-refractivity contribution is 0.132. The summed E-state index contributed by atoms with van der Waals surface area (Å²) in [4.78, 5) is 2.83. The zero-order chi connectivity index (χ0) is 17.2. The molecule has 0 unspecified atom stereocenters. The maximum Gasteiger partial charge on any atom is 0.244 e. The van der Waals surface area contributed by atoms with Gasteiger partial charge in [0, 0.05) is 31.9 Å². The molecule has 0 bridgehead atoms.